The van der Waals surface area contributed by atoms with Crippen molar-refractivity contribution in [1.82, 2.24) is 5.32 Å². The van der Waals surface area contributed by atoms with Gasteiger partial charge in [0.15, 0.2) is 0 Å². The van der Waals surface area contributed by atoms with E-state index in [1.165, 1.54) is 0 Å². The average Bonchev–Trinajstić information content (AvgIpc) is 2.30. The summed E-state index contributed by atoms with van der Waals surface area (Å²) in [6.07, 6.45) is 3.86. The summed E-state index contributed by atoms with van der Waals surface area (Å²) < 4.78 is 5.24. The molecule has 4 nitrogen and oxygen atoms in total. The zero-order valence-corrected chi connectivity index (χ0v) is 10.2. The minimum Gasteiger partial charge on any atom is -0.396 e. The van der Waals surface area contributed by atoms with Crippen LogP contribution < -0.4 is 5.32 Å². The van der Waals surface area contributed by atoms with Gasteiger partial charge in [-0.2, -0.15) is 0 Å². The monoisotopic (exact) mass is 229 g/mol. The second kappa shape index (κ2) is 6.86. The fourth-order valence-corrected chi connectivity index (χ4v) is 2.24. The van der Waals surface area contributed by atoms with Crippen molar-refractivity contribution in [2.24, 2.45) is 5.92 Å². The van der Waals surface area contributed by atoms with Crippen LogP contribution in [0.25, 0.3) is 0 Å². The second-order valence-corrected chi connectivity index (χ2v) is 4.44. The number of aliphatic hydroxyl groups excluding tert-OH is 1. The molecule has 16 heavy (non-hydrogen) atoms. The molecule has 0 saturated heterocycles. The van der Waals surface area contributed by atoms with Crippen LogP contribution in [-0.4, -0.2) is 36.4 Å². The van der Waals surface area contributed by atoms with Gasteiger partial charge in [0.1, 0.15) is 6.10 Å². The first-order chi connectivity index (χ1) is 7.69. The number of amides is 1. The molecule has 1 saturated carbocycles. The number of nitrogens with one attached hydrogen (secondary N) is 1. The van der Waals surface area contributed by atoms with Crippen molar-refractivity contribution >= 4 is 5.91 Å². The first-order valence-corrected chi connectivity index (χ1v) is 6.21. The lowest BCUT2D eigenvalue weighted by Gasteiger charge is -2.31. The first-order valence-electron chi connectivity index (χ1n) is 6.21. The summed E-state index contributed by atoms with van der Waals surface area (Å²) in [5, 5.41) is 12.2. The highest BCUT2D eigenvalue weighted by molar-refractivity contribution is 5.80. The topological polar surface area (TPSA) is 58.6 Å². The normalized spacial score (nSPS) is 27.4. The van der Waals surface area contributed by atoms with Gasteiger partial charge in [-0.3, -0.25) is 4.79 Å². The van der Waals surface area contributed by atoms with Crippen LogP contribution in [0.15, 0.2) is 0 Å². The van der Waals surface area contributed by atoms with E-state index in [4.69, 9.17) is 4.74 Å². The summed E-state index contributed by atoms with van der Waals surface area (Å²) in [5.41, 5.74) is 0. The standard InChI is InChI=1S/C12H23NO3/c1-3-16-9(2)12(15)13-11-7-5-4-6-10(11)8-14/h9-11,14H,3-8H2,1-2H3,(H,13,15). The van der Waals surface area contributed by atoms with E-state index in [1.807, 2.05) is 6.92 Å². The molecule has 2 N–H and O–H groups in total. The summed E-state index contributed by atoms with van der Waals surface area (Å²) >= 11 is 0. The maximum atomic E-state index is 11.7. The molecule has 3 unspecified atom stereocenters. The van der Waals surface area contributed by atoms with Crippen LogP contribution in [0, 0.1) is 5.92 Å². The minimum absolute atomic E-state index is 0.0628. The van der Waals surface area contributed by atoms with Gasteiger partial charge < -0.3 is 15.2 Å². The second-order valence-electron chi connectivity index (χ2n) is 4.44. The molecule has 1 fully saturated rings. The van der Waals surface area contributed by atoms with E-state index in [0.29, 0.717) is 6.61 Å². The predicted octanol–water partition coefficient (Wildman–Crippen LogP) is 1.08. The van der Waals surface area contributed by atoms with Crippen LogP contribution >= 0.6 is 0 Å². The summed E-state index contributed by atoms with van der Waals surface area (Å²) in [7, 11) is 0. The van der Waals surface area contributed by atoms with Gasteiger partial charge in [-0.25, -0.2) is 0 Å². The Kier molecular flexibility index (Phi) is 5.77. The molecule has 3 atom stereocenters. The third kappa shape index (κ3) is 3.76. The van der Waals surface area contributed by atoms with E-state index in [0.717, 1.165) is 25.7 Å². The van der Waals surface area contributed by atoms with E-state index < -0.39 is 6.10 Å². The van der Waals surface area contributed by atoms with Crippen molar-refractivity contribution in [3.8, 4) is 0 Å². The third-order valence-electron chi connectivity index (χ3n) is 3.26. The maximum absolute atomic E-state index is 11.7. The van der Waals surface area contributed by atoms with Crippen molar-refractivity contribution in [2.45, 2.75) is 51.7 Å². The van der Waals surface area contributed by atoms with Crippen LogP contribution in [0.1, 0.15) is 39.5 Å². The maximum Gasteiger partial charge on any atom is 0.249 e. The number of rotatable bonds is 5. The summed E-state index contributed by atoms with van der Waals surface area (Å²) in [5.74, 6) is 0.152. The van der Waals surface area contributed by atoms with Crippen LogP contribution in [0.3, 0.4) is 0 Å². The molecule has 4 heteroatoms. The average molecular weight is 229 g/mol. The lowest BCUT2D eigenvalue weighted by atomic mass is 9.85. The molecule has 0 heterocycles. The summed E-state index contributed by atoms with van der Waals surface area (Å²) in [6.45, 7) is 4.34. The zero-order valence-electron chi connectivity index (χ0n) is 10.2. The lowest BCUT2D eigenvalue weighted by molar-refractivity contribution is -0.133. The Morgan fingerprint density at radius 1 is 1.50 bits per heavy atom. The number of carbonyl (C=O) groups is 1. The molecule has 1 amide bonds. The van der Waals surface area contributed by atoms with Gasteiger partial charge in [-0.15, -0.1) is 0 Å². The molecule has 1 aliphatic carbocycles. The number of ether oxygens (including phenoxy) is 1. The molecule has 1 aliphatic rings. The van der Waals surface area contributed by atoms with Crippen LogP contribution in [0.5, 0.6) is 0 Å². The van der Waals surface area contributed by atoms with Crippen molar-refractivity contribution in [1.29, 1.82) is 0 Å². The molecule has 0 aromatic carbocycles. The predicted molar refractivity (Wildman–Crippen MR) is 62.1 cm³/mol. The van der Waals surface area contributed by atoms with Gasteiger partial charge >= 0.3 is 0 Å². The molecule has 0 aliphatic heterocycles. The van der Waals surface area contributed by atoms with Gasteiger partial charge in [0.2, 0.25) is 5.91 Å². The molecular formula is C12H23NO3. The number of aliphatic hydroxyl groups is 1. The van der Waals surface area contributed by atoms with Gasteiger partial charge in [0.05, 0.1) is 0 Å². The van der Waals surface area contributed by atoms with Crippen molar-refractivity contribution in [3.05, 3.63) is 0 Å². The van der Waals surface area contributed by atoms with Gasteiger partial charge in [-0.05, 0) is 26.7 Å². The van der Waals surface area contributed by atoms with E-state index in [-0.39, 0.29) is 24.5 Å². The Hall–Kier alpha value is -0.610. The molecular weight excluding hydrogens is 206 g/mol. The van der Waals surface area contributed by atoms with E-state index in [9.17, 15) is 9.90 Å². The van der Waals surface area contributed by atoms with Gasteiger partial charge in [0, 0.05) is 25.2 Å². The highest BCUT2D eigenvalue weighted by Crippen LogP contribution is 2.23. The fourth-order valence-electron chi connectivity index (χ4n) is 2.24. The summed E-state index contributed by atoms with van der Waals surface area (Å²) in [4.78, 5) is 11.7. The number of hydrogen-bond acceptors (Lipinski definition) is 3. The summed E-state index contributed by atoms with van der Waals surface area (Å²) in [6, 6.07) is 0.120. The highest BCUT2D eigenvalue weighted by atomic mass is 16.5. The van der Waals surface area contributed by atoms with Crippen molar-refractivity contribution in [3.63, 3.8) is 0 Å². The molecule has 0 aromatic rings. The van der Waals surface area contributed by atoms with Gasteiger partial charge in [-0.1, -0.05) is 12.8 Å². The van der Waals surface area contributed by atoms with Crippen molar-refractivity contribution in [2.75, 3.05) is 13.2 Å². The smallest absolute Gasteiger partial charge is 0.249 e. The van der Waals surface area contributed by atoms with Crippen LogP contribution in [0.2, 0.25) is 0 Å². The first kappa shape index (κ1) is 13.5. The SMILES string of the molecule is CCOC(C)C(=O)NC1CCCCC1CO. The van der Waals surface area contributed by atoms with E-state index in [2.05, 4.69) is 5.32 Å². The third-order valence-corrected chi connectivity index (χ3v) is 3.26. The fraction of sp³-hybridized carbons (Fsp3) is 0.917. The molecule has 0 bridgehead atoms. The highest BCUT2D eigenvalue weighted by Gasteiger charge is 2.27. The Morgan fingerprint density at radius 3 is 2.81 bits per heavy atom. The Morgan fingerprint density at radius 2 is 2.19 bits per heavy atom. The lowest BCUT2D eigenvalue weighted by Crippen LogP contribution is -2.47. The molecule has 94 valence electrons. The largest absolute Gasteiger partial charge is 0.396 e. The minimum atomic E-state index is -0.397. The zero-order chi connectivity index (χ0) is 12.0. The van der Waals surface area contributed by atoms with E-state index >= 15 is 0 Å². The van der Waals surface area contributed by atoms with Crippen LogP contribution in [-0.2, 0) is 9.53 Å². The number of hydrogen-bond donors (Lipinski definition) is 2. The molecule has 0 aromatic heterocycles. The quantitative estimate of drug-likeness (QED) is 0.741. The van der Waals surface area contributed by atoms with Crippen molar-refractivity contribution < 1.29 is 14.6 Å². The Balaban J connectivity index is 2.41. The van der Waals surface area contributed by atoms with Crippen LogP contribution in [0.4, 0.5) is 0 Å². The number of carbonyl (C=O) groups excluding carboxylic acids is 1. The molecule has 0 spiro atoms. The van der Waals surface area contributed by atoms with E-state index in [1.54, 1.807) is 6.92 Å². The van der Waals surface area contributed by atoms with Gasteiger partial charge in [0.25, 0.3) is 0 Å². The Labute approximate surface area is 97.4 Å². The molecule has 1 rings (SSSR count). The molecule has 0 radical (unpaired) electrons. The Bertz CT molecular complexity index is 220.